The van der Waals surface area contributed by atoms with Crippen molar-refractivity contribution in [1.82, 2.24) is 4.90 Å². The molecule has 1 N–H and O–H groups in total. The van der Waals surface area contributed by atoms with Crippen molar-refractivity contribution in [2.75, 3.05) is 24.6 Å². The van der Waals surface area contributed by atoms with Crippen LogP contribution in [0, 0.1) is 11.8 Å². The van der Waals surface area contributed by atoms with Gasteiger partial charge in [0.05, 0.1) is 25.2 Å². The Bertz CT molecular complexity index is 895. The predicted molar refractivity (Wildman–Crippen MR) is 95.1 cm³/mol. The minimum Gasteiger partial charge on any atom is -0.508 e. The molecule has 5 heterocycles. The maximum atomic E-state index is 13.2. The van der Waals surface area contributed by atoms with E-state index >= 15 is 0 Å². The first-order chi connectivity index (χ1) is 12.7. The van der Waals surface area contributed by atoms with Gasteiger partial charge in [-0.2, -0.15) is 0 Å². The monoisotopic (exact) mass is 350 g/mol. The number of piperidine rings is 2. The van der Waals surface area contributed by atoms with Gasteiger partial charge in [0.1, 0.15) is 5.75 Å². The SMILES string of the molecule is O=C1C[C@@H]2OCC=C3CN4CCC56c7cc(O)ccc7N1[C@H]5C2[C@H]3C[C@H]46. The molecule has 4 fully saturated rings. The zero-order valence-corrected chi connectivity index (χ0v) is 14.6. The lowest BCUT2D eigenvalue weighted by Gasteiger charge is -2.58. The summed E-state index contributed by atoms with van der Waals surface area (Å²) >= 11 is 0. The van der Waals surface area contributed by atoms with E-state index in [0.717, 1.165) is 25.2 Å². The molecule has 3 saturated heterocycles. The Morgan fingerprint density at radius 2 is 2.23 bits per heavy atom. The third-order valence-corrected chi connectivity index (χ3v) is 8.29. The molecule has 1 saturated carbocycles. The summed E-state index contributed by atoms with van der Waals surface area (Å²) in [6.07, 6.45) is 5.07. The number of hydrogen-bond donors (Lipinski definition) is 1. The second-order valence-electron chi connectivity index (χ2n) is 8.96. The number of carbonyl (C=O) groups is 1. The molecule has 1 aliphatic carbocycles. The topological polar surface area (TPSA) is 53.0 Å². The van der Waals surface area contributed by atoms with Gasteiger partial charge in [0.2, 0.25) is 5.91 Å². The molecule has 5 nitrogen and oxygen atoms in total. The van der Waals surface area contributed by atoms with Crippen LogP contribution in [0.5, 0.6) is 5.75 Å². The summed E-state index contributed by atoms with van der Waals surface area (Å²) in [5.74, 6) is 1.43. The highest BCUT2D eigenvalue weighted by Gasteiger charge is 2.71. The summed E-state index contributed by atoms with van der Waals surface area (Å²) < 4.78 is 6.22. The maximum Gasteiger partial charge on any atom is 0.229 e. The summed E-state index contributed by atoms with van der Waals surface area (Å²) in [7, 11) is 0. The number of benzene rings is 1. The molecule has 1 aromatic carbocycles. The van der Waals surface area contributed by atoms with Crippen LogP contribution in [0.4, 0.5) is 5.69 Å². The molecule has 6 aliphatic rings. The molecule has 5 aliphatic heterocycles. The van der Waals surface area contributed by atoms with E-state index in [1.54, 1.807) is 6.07 Å². The number of ether oxygens (including phenoxy) is 1. The molecule has 134 valence electrons. The fourth-order valence-corrected chi connectivity index (χ4v) is 7.54. The van der Waals surface area contributed by atoms with Crippen molar-refractivity contribution in [3.05, 3.63) is 35.4 Å². The van der Waals surface area contributed by atoms with Crippen molar-refractivity contribution < 1.29 is 14.6 Å². The molecular weight excluding hydrogens is 328 g/mol. The van der Waals surface area contributed by atoms with E-state index in [9.17, 15) is 9.90 Å². The summed E-state index contributed by atoms with van der Waals surface area (Å²) in [5.41, 5.74) is 3.75. The van der Waals surface area contributed by atoms with Crippen molar-refractivity contribution in [2.45, 2.75) is 42.9 Å². The minimum absolute atomic E-state index is 0.0374. The van der Waals surface area contributed by atoms with E-state index < -0.39 is 0 Å². The largest absolute Gasteiger partial charge is 0.508 e. The Kier molecular flexibility index (Phi) is 2.38. The number of carbonyl (C=O) groups excluding carboxylic acids is 1. The van der Waals surface area contributed by atoms with Crippen LogP contribution in [0.2, 0.25) is 0 Å². The zero-order chi connectivity index (χ0) is 17.2. The lowest BCUT2D eigenvalue weighted by molar-refractivity contribution is -0.132. The van der Waals surface area contributed by atoms with Crippen LogP contribution in [-0.4, -0.2) is 53.8 Å². The quantitative estimate of drug-likeness (QED) is 0.725. The number of hydrogen-bond acceptors (Lipinski definition) is 4. The number of anilines is 1. The van der Waals surface area contributed by atoms with Crippen LogP contribution in [0.3, 0.4) is 0 Å². The van der Waals surface area contributed by atoms with Crippen LogP contribution < -0.4 is 4.90 Å². The van der Waals surface area contributed by atoms with Gasteiger partial charge >= 0.3 is 0 Å². The van der Waals surface area contributed by atoms with Crippen LogP contribution in [-0.2, 0) is 14.9 Å². The first-order valence-corrected chi connectivity index (χ1v) is 9.88. The lowest BCUT2D eigenvalue weighted by atomic mass is 9.53. The van der Waals surface area contributed by atoms with Gasteiger partial charge in [0, 0.05) is 29.6 Å². The Morgan fingerprint density at radius 3 is 3.15 bits per heavy atom. The fourth-order valence-electron chi connectivity index (χ4n) is 7.54. The zero-order valence-electron chi connectivity index (χ0n) is 14.6. The third-order valence-electron chi connectivity index (χ3n) is 8.29. The molecule has 1 aromatic rings. The standard InChI is InChI=1S/C21H22N2O3/c24-12-1-2-15-14(7-12)21-4-5-22-10-11-3-6-26-16-9-18(25)23(15)20(21)19(16)13(11)8-17(21)22/h1-3,7,13,16-17,19-20,24H,4-6,8-10H2/t13-,16-,17-,19?,20-,21?/m0/s1. The number of nitrogens with zero attached hydrogens (tertiary/aromatic N) is 2. The molecule has 26 heavy (non-hydrogen) atoms. The molecular formula is C21H22N2O3. The van der Waals surface area contributed by atoms with Gasteiger partial charge < -0.3 is 14.7 Å². The van der Waals surface area contributed by atoms with Crippen molar-refractivity contribution in [2.24, 2.45) is 11.8 Å². The summed E-state index contributed by atoms with van der Waals surface area (Å²) in [5, 5.41) is 10.2. The predicted octanol–water partition coefficient (Wildman–Crippen LogP) is 1.80. The number of phenols is 1. The first-order valence-electron chi connectivity index (χ1n) is 9.88. The number of phenolic OH excluding ortho intramolecular Hbond substituents is 1. The average Bonchev–Trinajstić information content (AvgIpc) is 3.09. The molecule has 2 unspecified atom stereocenters. The van der Waals surface area contributed by atoms with Crippen molar-refractivity contribution in [1.29, 1.82) is 0 Å². The van der Waals surface area contributed by atoms with Crippen LogP contribution >= 0.6 is 0 Å². The van der Waals surface area contributed by atoms with Crippen LogP contribution in [0.15, 0.2) is 29.8 Å². The molecule has 6 atom stereocenters. The molecule has 1 spiro atoms. The highest BCUT2D eigenvalue weighted by Crippen LogP contribution is 2.65. The second-order valence-corrected chi connectivity index (χ2v) is 8.96. The highest BCUT2D eigenvalue weighted by molar-refractivity contribution is 5.99. The smallest absolute Gasteiger partial charge is 0.229 e. The molecule has 0 radical (unpaired) electrons. The lowest BCUT2D eigenvalue weighted by Crippen LogP contribution is -2.69. The van der Waals surface area contributed by atoms with E-state index in [-0.39, 0.29) is 23.5 Å². The molecule has 1 amide bonds. The van der Waals surface area contributed by atoms with Gasteiger partial charge in [-0.1, -0.05) is 11.6 Å². The average molecular weight is 350 g/mol. The van der Waals surface area contributed by atoms with Gasteiger partial charge in [-0.05, 0) is 49.1 Å². The van der Waals surface area contributed by atoms with E-state index in [0.29, 0.717) is 36.7 Å². The Hall–Kier alpha value is -1.85. The van der Waals surface area contributed by atoms with Crippen molar-refractivity contribution in [3.8, 4) is 5.75 Å². The van der Waals surface area contributed by atoms with Gasteiger partial charge in [-0.15, -0.1) is 0 Å². The Balaban J connectivity index is 1.55. The second kappa shape index (κ2) is 4.34. The highest BCUT2D eigenvalue weighted by atomic mass is 16.5. The fraction of sp³-hybridized carbons (Fsp3) is 0.571. The van der Waals surface area contributed by atoms with Crippen molar-refractivity contribution in [3.63, 3.8) is 0 Å². The number of aromatic hydroxyl groups is 1. The van der Waals surface area contributed by atoms with E-state index in [1.165, 1.54) is 17.6 Å². The number of amides is 1. The van der Waals surface area contributed by atoms with Crippen LogP contribution in [0.25, 0.3) is 0 Å². The van der Waals surface area contributed by atoms with E-state index in [2.05, 4.69) is 15.9 Å². The Labute approximate surface area is 152 Å². The van der Waals surface area contributed by atoms with E-state index in [4.69, 9.17) is 4.74 Å². The molecule has 5 heteroatoms. The van der Waals surface area contributed by atoms with Crippen LogP contribution in [0.1, 0.15) is 24.8 Å². The first kappa shape index (κ1) is 14.2. The molecule has 0 aromatic heterocycles. The number of fused-ring (bicyclic) bond motifs is 2. The molecule has 2 bridgehead atoms. The third kappa shape index (κ3) is 1.37. The van der Waals surface area contributed by atoms with Gasteiger partial charge in [0.25, 0.3) is 0 Å². The molecule has 7 rings (SSSR count). The van der Waals surface area contributed by atoms with Gasteiger partial charge in [-0.3, -0.25) is 9.69 Å². The van der Waals surface area contributed by atoms with E-state index in [1.807, 2.05) is 12.1 Å². The minimum atomic E-state index is -0.0389. The van der Waals surface area contributed by atoms with Gasteiger partial charge in [-0.25, -0.2) is 0 Å². The summed E-state index contributed by atoms with van der Waals surface area (Å²) in [6.45, 7) is 2.78. The maximum absolute atomic E-state index is 13.2. The Morgan fingerprint density at radius 1 is 1.31 bits per heavy atom. The normalized spacial score (nSPS) is 44.6. The number of rotatable bonds is 0. The van der Waals surface area contributed by atoms with Crippen molar-refractivity contribution >= 4 is 11.6 Å². The van der Waals surface area contributed by atoms with Gasteiger partial charge in [0.15, 0.2) is 0 Å². The summed E-state index contributed by atoms with van der Waals surface area (Å²) in [4.78, 5) is 17.9. The summed E-state index contributed by atoms with van der Waals surface area (Å²) in [6, 6.07) is 6.31.